The maximum atomic E-state index is 13.1. The predicted octanol–water partition coefficient (Wildman–Crippen LogP) is 6.66. The fourth-order valence-electron chi connectivity index (χ4n) is 4.19. The molecule has 2 aromatic carbocycles. The van der Waals surface area contributed by atoms with E-state index in [9.17, 15) is 13.2 Å². The van der Waals surface area contributed by atoms with Gasteiger partial charge in [-0.15, -0.1) is 0 Å². The first-order chi connectivity index (χ1) is 12.3. The summed E-state index contributed by atoms with van der Waals surface area (Å²) in [5, 5.41) is 3.50. The van der Waals surface area contributed by atoms with E-state index in [2.05, 4.69) is 55.6 Å². The number of anilines is 1. The van der Waals surface area contributed by atoms with Gasteiger partial charge < -0.3 is 5.32 Å². The Bertz CT molecular complexity index is 833. The number of nitrogens with one attached hydrogen (secondary N) is 1. The predicted molar refractivity (Wildman–Crippen MR) is 98.3 cm³/mol. The molecule has 0 saturated carbocycles. The van der Waals surface area contributed by atoms with Crippen molar-refractivity contribution in [2.45, 2.75) is 44.3 Å². The Morgan fingerprint density at radius 3 is 2.42 bits per heavy atom. The maximum Gasteiger partial charge on any atom is 0.416 e. The highest BCUT2D eigenvalue weighted by Crippen LogP contribution is 2.50. The van der Waals surface area contributed by atoms with Crippen molar-refractivity contribution in [2.24, 2.45) is 5.92 Å². The van der Waals surface area contributed by atoms with E-state index in [0.29, 0.717) is 5.92 Å². The summed E-state index contributed by atoms with van der Waals surface area (Å²) in [6.07, 6.45) is 0.738. The number of alkyl halides is 3. The Balaban J connectivity index is 1.71. The third kappa shape index (κ3) is 2.91. The molecule has 1 aliphatic heterocycles. The van der Waals surface area contributed by atoms with Gasteiger partial charge in [0, 0.05) is 11.6 Å². The summed E-state index contributed by atoms with van der Waals surface area (Å²) in [6.45, 7) is 4.33. The van der Waals surface area contributed by atoms with Gasteiger partial charge in [0.15, 0.2) is 0 Å². The van der Waals surface area contributed by atoms with Crippen LogP contribution in [0.5, 0.6) is 0 Å². The van der Waals surface area contributed by atoms with Crippen LogP contribution in [-0.2, 0) is 6.18 Å². The van der Waals surface area contributed by atoms with Crippen LogP contribution in [0.3, 0.4) is 0 Å². The standard InChI is InChI=1S/C22H22F3N/c1-13(2)14-6-8-15(9-7-14)21-18-5-3-4-17(18)19-12-16(22(23,24)25)10-11-20(19)26-21/h3-4,6-13,17-18,21,26H,5H2,1-2H3/t17-,18+,21+/m1/s1. The molecule has 0 saturated heterocycles. The Hall–Kier alpha value is -2.23. The molecule has 0 unspecified atom stereocenters. The molecule has 2 aromatic rings. The summed E-state index contributed by atoms with van der Waals surface area (Å²) in [4.78, 5) is 0. The minimum atomic E-state index is -4.31. The average Bonchev–Trinajstić information content (AvgIpc) is 3.10. The average molecular weight is 357 g/mol. The zero-order valence-corrected chi connectivity index (χ0v) is 14.8. The lowest BCUT2D eigenvalue weighted by atomic mass is 9.76. The number of hydrogen-bond acceptors (Lipinski definition) is 1. The van der Waals surface area contributed by atoms with Crippen LogP contribution in [0.1, 0.15) is 60.4 Å². The third-order valence-corrected chi connectivity index (χ3v) is 5.65. The maximum absolute atomic E-state index is 13.1. The van der Waals surface area contributed by atoms with Crippen LogP contribution in [-0.4, -0.2) is 0 Å². The molecule has 0 bridgehead atoms. The fraction of sp³-hybridized carbons (Fsp3) is 0.364. The number of allylic oxidation sites excluding steroid dienone is 2. The van der Waals surface area contributed by atoms with E-state index in [0.717, 1.165) is 17.7 Å². The SMILES string of the molecule is CC(C)c1ccc([C@@H]2Nc3ccc(C(F)(F)F)cc3[C@@H]3C=CC[C@@H]32)cc1. The Morgan fingerprint density at radius 2 is 1.77 bits per heavy atom. The van der Waals surface area contributed by atoms with Crippen LogP contribution in [0.4, 0.5) is 18.9 Å². The number of rotatable bonds is 2. The number of halogens is 3. The second-order valence-corrected chi connectivity index (χ2v) is 7.60. The lowest BCUT2D eigenvalue weighted by Gasteiger charge is -2.38. The van der Waals surface area contributed by atoms with Crippen molar-refractivity contribution >= 4 is 5.69 Å². The van der Waals surface area contributed by atoms with Crippen molar-refractivity contribution in [1.29, 1.82) is 0 Å². The first kappa shape index (κ1) is 17.2. The molecule has 1 aliphatic carbocycles. The van der Waals surface area contributed by atoms with E-state index in [4.69, 9.17) is 0 Å². The quantitative estimate of drug-likeness (QED) is 0.593. The van der Waals surface area contributed by atoms with E-state index in [1.807, 2.05) is 0 Å². The van der Waals surface area contributed by atoms with Gasteiger partial charge in [-0.1, -0.05) is 50.3 Å². The van der Waals surface area contributed by atoms with Gasteiger partial charge in [0.25, 0.3) is 0 Å². The molecular formula is C22H22F3N. The normalized spacial score (nSPS) is 24.3. The van der Waals surface area contributed by atoms with Crippen LogP contribution in [0.25, 0.3) is 0 Å². The minimum Gasteiger partial charge on any atom is -0.378 e. The molecule has 0 spiro atoms. The van der Waals surface area contributed by atoms with E-state index in [1.165, 1.54) is 23.3 Å². The van der Waals surface area contributed by atoms with Crippen LogP contribution in [0, 0.1) is 5.92 Å². The second kappa shape index (κ2) is 6.19. The molecule has 3 atom stereocenters. The Kier molecular flexibility index (Phi) is 4.09. The van der Waals surface area contributed by atoms with Gasteiger partial charge in [0.1, 0.15) is 0 Å². The van der Waals surface area contributed by atoms with Crippen molar-refractivity contribution < 1.29 is 13.2 Å². The molecule has 0 aromatic heterocycles. The minimum absolute atomic E-state index is 0.0309. The highest BCUT2D eigenvalue weighted by atomic mass is 19.4. The van der Waals surface area contributed by atoms with E-state index in [1.54, 1.807) is 6.07 Å². The van der Waals surface area contributed by atoms with E-state index in [-0.39, 0.29) is 17.9 Å². The summed E-state index contributed by atoms with van der Waals surface area (Å²) in [7, 11) is 0. The zero-order valence-electron chi connectivity index (χ0n) is 14.8. The lowest BCUT2D eigenvalue weighted by molar-refractivity contribution is -0.137. The molecule has 4 heteroatoms. The summed E-state index contributed by atoms with van der Waals surface area (Å²) >= 11 is 0. The monoisotopic (exact) mass is 357 g/mol. The molecule has 1 N–H and O–H groups in total. The molecule has 0 amide bonds. The summed E-state index contributed by atoms with van der Waals surface area (Å²) < 4.78 is 39.3. The van der Waals surface area contributed by atoms with Crippen molar-refractivity contribution in [3.63, 3.8) is 0 Å². The van der Waals surface area contributed by atoms with Gasteiger partial charge in [-0.3, -0.25) is 0 Å². The Morgan fingerprint density at radius 1 is 1.04 bits per heavy atom. The number of benzene rings is 2. The molecule has 1 heterocycles. The lowest BCUT2D eigenvalue weighted by Crippen LogP contribution is -2.29. The van der Waals surface area contributed by atoms with Crippen molar-refractivity contribution in [2.75, 3.05) is 5.32 Å². The highest BCUT2D eigenvalue weighted by Gasteiger charge is 2.39. The van der Waals surface area contributed by atoms with E-state index < -0.39 is 11.7 Å². The van der Waals surface area contributed by atoms with Gasteiger partial charge in [0.2, 0.25) is 0 Å². The molecule has 136 valence electrons. The largest absolute Gasteiger partial charge is 0.416 e. The molecule has 0 radical (unpaired) electrons. The van der Waals surface area contributed by atoms with Crippen LogP contribution in [0.15, 0.2) is 54.6 Å². The molecular weight excluding hydrogens is 335 g/mol. The number of hydrogen-bond donors (Lipinski definition) is 1. The van der Waals surface area contributed by atoms with Crippen molar-refractivity contribution in [3.05, 3.63) is 76.9 Å². The molecule has 0 fully saturated rings. The summed E-state index contributed by atoms with van der Waals surface area (Å²) in [5.41, 5.74) is 3.48. The first-order valence-electron chi connectivity index (χ1n) is 9.09. The van der Waals surface area contributed by atoms with Gasteiger partial charge in [-0.05, 0) is 53.1 Å². The summed E-state index contributed by atoms with van der Waals surface area (Å²) in [6, 6.07) is 12.8. The van der Waals surface area contributed by atoms with Crippen LogP contribution < -0.4 is 5.32 Å². The molecule has 1 nitrogen and oxygen atoms in total. The van der Waals surface area contributed by atoms with Gasteiger partial charge in [0.05, 0.1) is 11.6 Å². The molecule has 26 heavy (non-hydrogen) atoms. The second-order valence-electron chi connectivity index (χ2n) is 7.60. The number of fused-ring (bicyclic) bond motifs is 3. The highest BCUT2D eigenvalue weighted by molar-refractivity contribution is 5.61. The zero-order chi connectivity index (χ0) is 18.5. The molecule has 2 aliphatic rings. The van der Waals surface area contributed by atoms with Gasteiger partial charge in [-0.2, -0.15) is 13.2 Å². The topological polar surface area (TPSA) is 12.0 Å². The summed E-state index contributed by atoms with van der Waals surface area (Å²) in [5.74, 6) is 0.755. The van der Waals surface area contributed by atoms with Crippen LogP contribution >= 0.6 is 0 Å². The van der Waals surface area contributed by atoms with Gasteiger partial charge in [-0.25, -0.2) is 0 Å². The smallest absolute Gasteiger partial charge is 0.378 e. The van der Waals surface area contributed by atoms with Crippen molar-refractivity contribution in [3.8, 4) is 0 Å². The van der Waals surface area contributed by atoms with Crippen LogP contribution in [0.2, 0.25) is 0 Å². The fourth-order valence-corrected chi connectivity index (χ4v) is 4.19. The van der Waals surface area contributed by atoms with Crippen molar-refractivity contribution in [1.82, 2.24) is 0 Å². The van der Waals surface area contributed by atoms with E-state index >= 15 is 0 Å². The Labute approximate surface area is 151 Å². The first-order valence-corrected chi connectivity index (χ1v) is 9.09. The molecule has 4 rings (SSSR count). The van der Waals surface area contributed by atoms with Gasteiger partial charge >= 0.3 is 6.18 Å². The third-order valence-electron chi connectivity index (χ3n) is 5.65.